The zero-order chi connectivity index (χ0) is 20.4. The van der Waals surface area contributed by atoms with Gasteiger partial charge in [0.15, 0.2) is 5.82 Å². The number of hydrogen-bond acceptors (Lipinski definition) is 3. The first-order chi connectivity index (χ1) is 13.4. The van der Waals surface area contributed by atoms with Crippen LogP contribution in [-0.2, 0) is 11.3 Å². The van der Waals surface area contributed by atoms with Gasteiger partial charge in [-0.2, -0.15) is 0 Å². The molecule has 6 nitrogen and oxygen atoms in total. The molecule has 0 amide bonds. The number of aromatic nitrogens is 2. The predicted octanol–water partition coefficient (Wildman–Crippen LogP) is 4.21. The third-order valence-corrected chi connectivity index (χ3v) is 4.55. The van der Waals surface area contributed by atoms with Crippen LogP contribution in [0.5, 0.6) is 0 Å². The van der Waals surface area contributed by atoms with Crippen molar-refractivity contribution in [3.8, 4) is 0 Å². The smallest absolute Gasteiger partial charge is 0.259 e. The van der Waals surface area contributed by atoms with Gasteiger partial charge in [-0.1, -0.05) is 18.7 Å². The van der Waals surface area contributed by atoms with E-state index in [1.54, 1.807) is 18.3 Å². The van der Waals surface area contributed by atoms with Crippen molar-refractivity contribution in [1.29, 1.82) is 0 Å². The Balaban J connectivity index is 2.15. The summed E-state index contributed by atoms with van der Waals surface area (Å²) in [4.78, 5) is 19.9. The number of fused-ring (bicyclic) bond motifs is 1. The largest absolute Gasteiger partial charge is 0.345 e. The monoisotopic (exact) mass is 403 g/mol. The highest BCUT2D eigenvalue weighted by atomic mass is 32.2. The number of nitrogens with one attached hydrogen (secondary N) is 2. The van der Waals surface area contributed by atoms with Gasteiger partial charge < -0.3 is 4.98 Å². The van der Waals surface area contributed by atoms with Gasteiger partial charge >= 0.3 is 0 Å². The number of rotatable bonds is 6. The summed E-state index contributed by atoms with van der Waals surface area (Å²) in [5, 5.41) is 0.381. The van der Waals surface area contributed by atoms with Crippen LogP contribution in [0.25, 0.3) is 16.6 Å². The number of H-pyrrole nitrogens is 1. The number of anilines is 1. The molecule has 2 heterocycles. The number of nitrogens with zero attached hydrogens (tertiary/aromatic N) is 1. The summed E-state index contributed by atoms with van der Waals surface area (Å²) < 4.78 is 50.5. The second-order valence-corrected chi connectivity index (χ2v) is 6.44. The van der Waals surface area contributed by atoms with Gasteiger partial charge in [0.05, 0.1) is 11.3 Å². The molecule has 3 rings (SSSR count). The van der Waals surface area contributed by atoms with Gasteiger partial charge in [0, 0.05) is 28.9 Å². The molecule has 0 saturated carbocycles. The van der Waals surface area contributed by atoms with E-state index in [2.05, 4.69) is 16.5 Å². The summed E-state index contributed by atoms with van der Waals surface area (Å²) in [5.74, 6) is -3.27. The van der Waals surface area contributed by atoms with Crippen LogP contribution in [0, 0.1) is 11.6 Å². The molecule has 0 radical (unpaired) electrons. The molecule has 0 saturated heterocycles. The summed E-state index contributed by atoms with van der Waals surface area (Å²) >= 11 is -2.58. The van der Waals surface area contributed by atoms with Crippen LogP contribution < -0.4 is 4.72 Å². The van der Waals surface area contributed by atoms with E-state index >= 15 is 0 Å². The average molecular weight is 403 g/mol. The van der Waals surface area contributed by atoms with Gasteiger partial charge in [-0.25, -0.2) is 18.0 Å². The van der Waals surface area contributed by atoms with Crippen LogP contribution in [0.3, 0.4) is 0 Å². The minimum atomic E-state index is -2.58. The Labute approximate surface area is 161 Å². The lowest BCUT2D eigenvalue weighted by molar-refractivity contribution is 0.103. The van der Waals surface area contributed by atoms with Crippen molar-refractivity contribution in [3.05, 3.63) is 77.6 Å². The molecule has 0 aliphatic rings. The fourth-order valence-corrected chi connectivity index (χ4v) is 3.17. The third kappa shape index (κ3) is 3.49. The second kappa shape index (κ2) is 7.83. The van der Waals surface area contributed by atoms with Crippen LogP contribution in [0.15, 0.2) is 49.3 Å². The maximum absolute atomic E-state index is 14.6. The summed E-state index contributed by atoms with van der Waals surface area (Å²) in [6, 6.07) is 3.45. The molecule has 0 aliphatic heterocycles. The Bertz CT molecular complexity index is 1150. The molecule has 0 aliphatic carbocycles. The quantitative estimate of drug-likeness (QED) is 0.326. The highest BCUT2D eigenvalue weighted by Crippen LogP contribution is 2.28. The lowest BCUT2D eigenvalue weighted by Crippen LogP contribution is -2.11. The number of carbonyl (C=O) groups is 1. The second-order valence-electron chi connectivity index (χ2n) is 5.73. The molecule has 1 aromatic carbocycles. The minimum Gasteiger partial charge on any atom is -0.345 e. The summed E-state index contributed by atoms with van der Waals surface area (Å²) in [5.41, 5.74) is 0.555. The molecule has 2 aromatic heterocycles. The molecule has 9 heteroatoms. The molecule has 1 unspecified atom stereocenters. The molecule has 28 heavy (non-hydrogen) atoms. The molecular weight excluding hydrogens is 388 g/mol. The van der Waals surface area contributed by atoms with Crippen molar-refractivity contribution >= 4 is 39.3 Å². The van der Waals surface area contributed by atoms with E-state index in [1.165, 1.54) is 6.20 Å². The fourth-order valence-electron chi connectivity index (χ4n) is 2.82. The summed E-state index contributed by atoms with van der Waals surface area (Å²) in [6.45, 7) is 5.53. The Morgan fingerprint density at radius 2 is 2.14 bits per heavy atom. The van der Waals surface area contributed by atoms with Gasteiger partial charge in [0.2, 0.25) is 5.78 Å². The Kier molecular flexibility index (Phi) is 5.48. The standard InChI is InChI=1S/C19H15F2N3O3S/c1-3-10(4-2)11-7-12-13(9-23-19(12)22-8-11)18(25)16-14(20)5-6-15(17(16)21)24-28(26)27/h3-9,24H,1H2,2H3,(H,22,23)(H,26,27)/b10-4+. The van der Waals surface area contributed by atoms with Crippen molar-refractivity contribution in [2.45, 2.75) is 6.92 Å². The summed E-state index contributed by atoms with van der Waals surface area (Å²) in [6.07, 6.45) is 6.34. The maximum atomic E-state index is 14.6. The van der Waals surface area contributed by atoms with Crippen LogP contribution in [0.1, 0.15) is 28.4 Å². The third-order valence-electron chi connectivity index (χ3n) is 4.16. The molecule has 3 N–H and O–H groups in total. The summed E-state index contributed by atoms with van der Waals surface area (Å²) in [7, 11) is 0. The Morgan fingerprint density at radius 1 is 1.39 bits per heavy atom. The van der Waals surface area contributed by atoms with Crippen molar-refractivity contribution in [2.24, 2.45) is 0 Å². The van der Waals surface area contributed by atoms with E-state index in [9.17, 15) is 17.8 Å². The Hall–Kier alpha value is -3.17. The van der Waals surface area contributed by atoms with Crippen molar-refractivity contribution in [2.75, 3.05) is 4.72 Å². The van der Waals surface area contributed by atoms with E-state index in [-0.39, 0.29) is 5.56 Å². The van der Waals surface area contributed by atoms with Crippen LogP contribution in [0.2, 0.25) is 0 Å². The number of carbonyl (C=O) groups excluding carboxylic acids is 1. The van der Waals surface area contributed by atoms with E-state index in [1.807, 2.05) is 17.7 Å². The van der Waals surface area contributed by atoms with Crippen LogP contribution in [-0.4, -0.2) is 24.5 Å². The highest BCUT2D eigenvalue weighted by Gasteiger charge is 2.25. The molecule has 0 bridgehead atoms. The molecule has 3 aromatic rings. The van der Waals surface area contributed by atoms with Gasteiger partial charge in [0.1, 0.15) is 11.5 Å². The molecule has 144 valence electrons. The number of ketones is 1. The topological polar surface area (TPSA) is 95.1 Å². The zero-order valence-corrected chi connectivity index (χ0v) is 15.4. The number of aromatic amines is 1. The molecule has 0 spiro atoms. The lowest BCUT2D eigenvalue weighted by Gasteiger charge is -2.09. The number of hydrogen-bond donors (Lipinski definition) is 3. The van der Waals surface area contributed by atoms with Gasteiger partial charge in [-0.15, -0.1) is 0 Å². The number of halogens is 2. The minimum absolute atomic E-state index is 0.0175. The van der Waals surface area contributed by atoms with Gasteiger partial charge in [-0.3, -0.25) is 14.1 Å². The van der Waals surface area contributed by atoms with E-state index in [4.69, 9.17) is 4.55 Å². The first kappa shape index (κ1) is 19.6. The molecular formula is C19H15F2N3O3S. The fraction of sp³-hybridized carbons (Fsp3) is 0.0526. The highest BCUT2D eigenvalue weighted by molar-refractivity contribution is 7.80. The Morgan fingerprint density at radius 3 is 2.79 bits per heavy atom. The van der Waals surface area contributed by atoms with E-state index in [0.29, 0.717) is 16.6 Å². The zero-order valence-electron chi connectivity index (χ0n) is 14.6. The molecule has 0 fully saturated rings. The van der Waals surface area contributed by atoms with Crippen molar-refractivity contribution in [3.63, 3.8) is 0 Å². The molecule has 1 atom stereocenters. The van der Waals surface area contributed by atoms with E-state index < -0.39 is 39.9 Å². The van der Waals surface area contributed by atoms with E-state index in [0.717, 1.165) is 17.7 Å². The number of pyridine rings is 1. The predicted molar refractivity (Wildman–Crippen MR) is 104 cm³/mol. The SMILES string of the molecule is C=C/C(=C\C)c1cnc2[nH]cc(C(=O)c3c(F)ccc(NS(=O)O)c3F)c2c1. The lowest BCUT2D eigenvalue weighted by atomic mass is 10.00. The first-order valence-corrected chi connectivity index (χ1v) is 9.14. The van der Waals surface area contributed by atoms with Crippen LogP contribution in [0.4, 0.5) is 14.5 Å². The normalized spacial score (nSPS) is 12.8. The van der Waals surface area contributed by atoms with Crippen molar-refractivity contribution < 1.29 is 22.3 Å². The average Bonchev–Trinajstić information content (AvgIpc) is 3.08. The maximum Gasteiger partial charge on any atom is 0.259 e. The van der Waals surface area contributed by atoms with Gasteiger partial charge in [0.25, 0.3) is 11.3 Å². The van der Waals surface area contributed by atoms with Crippen LogP contribution >= 0.6 is 0 Å². The van der Waals surface area contributed by atoms with Gasteiger partial charge in [-0.05, 0) is 30.7 Å². The van der Waals surface area contributed by atoms with Crippen molar-refractivity contribution in [1.82, 2.24) is 9.97 Å². The number of benzene rings is 1. The number of allylic oxidation sites excluding steroid dienone is 3. The first-order valence-electron chi connectivity index (χ1n) is 8.03.